The van der Waals surface area contributed by atoms with Crippen LogP contribution in [0.2, 0.25) is 0 Å². The lowest BCUT2D eigenvalue weighted by Crippen LogP contribution is -2.29. The largest absolute Gasteiger partial charge is 0.271 e. The van der Waals surface area contributed by atoms with Gasteiger partial charge in [0.2, 0.25) is 0 Å². The van der Waals surface area contributed by atoms with Gasteiger partial charge in [-0.15, -0.1) is 11.3 Å². The molecule has 2 rings (SSSR count). The number of benzene rings is 1. The van der Waals surface area contributed by atoms with Crippen molar-refractivity contribution in [2.75, 3.05) is 0 Å². The Hall–Kier alpha value is -1.30. The minimum absolute atomic E-state index is 0.232. The average Bonchev–Trinajstić information content (AvgIpc) is 2.88. The summed E-state index contributed by atoms with van der Waals surface area (Å²) in [7, 11) is 0. The summed E-state index contributed by atoms with van der Waals surface area (Å²) in [5.41, 5.74) is 3.08. The predicted molar refractivity (Wildman–Crippen MR) is 74.0 cm³/mol. The van der Waals surface area contributed by atoms with Crippen molar-refractivity contribution in [1.82, 2.24) is 5.43 Å². The fourth-order valence-electron chi connectivity index (χ4n) is 1.95. The fraction of sp³-hybridized carbons (Fsp3) is 0.286. The highest BCUT2D eigenvalue weighted by Crippen LogP contribution is 2.31. The topological polar surface area (TPSA) is 38.0 Å². The predicted octanol–water partition coefficient (Wildman–Crippen LogP) is 3.45. The Morgan fingerprint density at radius 2 is 1.95 bits per heavy atom. The fourth-order valence-corrected chi connectivity index (χ4v) is 2.98. The van der Waals surface area contributed by atoms with Gasteiger partial charge in [-0.05, 0) is 31.0 Å². The van der Waals surface area contributed by atoms with Gasteiger partial charge in [0.15, 0.2) is 11.6 Å². The molecule has 19 heavy (non-hydrogen) atoms. The van der Waals surface area contributed by atoms with E-state index in [1.165, 1.54) is 11.8 Å². The molecule has 1 heterocycles. The zero-order valence-electron chi connectivity index (χ0n) is 10.8. The standard InChI is InChI=1S/C14H16F2N2S/c1-3-9-5-7-11(19-9)14(18-17)10-6-4-8(2)12(15)13(10)16/h4-7,14,18H,3,17H2,1-2H3. The lowest BCUT2D eigenvalue weighted by molar-refractivity contribution is 0.480. The van der Waals surface area contributed by atoms with Crippen molar-refractivity contribution >= 4 is 11.3 Å². The lowest BCUT2D eigenvalue weighted by Gasteiger charge is -2.16. The van der Waals surface area contributed by atoms with Crippen LogP contribution in [0.15, 0.2) is 24.3 Å². The van der Waals surface area contributed by atoms with Crippen molar-refractivity contribution in [3.05, 3.63) is 56.8 Å². The zero-order valence-corrected chi connectivity index (χ0v) is 11.7. The maximum absolute atomic E-state index is 14.0. The van der Waals surface area contributed by atoms with Crippen molar-refractivity contribution in [3.63, 3.8) is 0 Å². The number of aryl methyl sites for hydroxylation is 2. The quantitative estimate of drug-likeness (QED) is 0.666. The van der Waals surface area contributed by atoms with Gasteiger partial charge in [0.1, 0.15) is 0 Å². The van der Waals surface area contributed by atoms with Crippen LogP contribution in [0.25, 0.3) is 0 Å². The van der Waals surface area contributed by atoms with Crippen molar-refractivity contribution in [1.29, 1.82) is 0 Å². The number of rotatable bonds is 4. The Morgan fingerprint density at radius 3 is 2.53 bits per heavy atom. The van der Waals surface area contributed by atoms with E-state index >= 15 is 0 Å². The van der Waals surface area contributed by atoms with E-state index in [1.807, 2.05) is 19.1 Å². The van der Waals surface area contributed by atoms with Crippen molar-refractivity contribution in [2.24, 2.45) is 5.84 Å². The highest BCUT2D eigenvalue weighted by molar-refractivity contribution is 7.12. The normalized spacial score (nSPS) is 12.7. The molecular weight excluding hydrogens is 266 g/mol. The molecule has 2 aromatic rings. The Kier molecular flexibility index (Phi) is 4.29. The van der Waals surface area contributed by atoms with Gasteiger partial charge in [-0.1, -0.05) is 19.1 Å². The summed E-state index contributed by atoms with van der Waals surface area (Å²) >= 11 is 1.55. The second-order valence-electron chi connectivity index (χ2n) is 4.36. The molecule has 1 unspecified atom stereocenters. The van der Waals surface area contributed by atoms with Gasteiger partial charge in [0.05, 0.1) is 6.04 Å². The molecular formula is C14H16F2N2S. The van der Waals surface area contributed by atoms with Gasteiger partial charge in [0.25, 0.3) is 0 Å². The van der Waals surface area contributed by atoms with Crippen LogP contribution in [0, 0.1) is 18.6 Å². The van der Waals surface area contributed by atoms with E-state index in [2.05, 4.69) is 5.43 Å². The van der Waals surface area contributed by atoms with Crippen LogP contribution in [0.1, 0.15) is 33.8 Å². The average molecular weight is 282 g/mol. The van der Waals surface area contributed by atoms with E-state index in [1.54, 1.807) is 23.5 Å². The van der Waals surface area contributed by atoms with Gasteiger partial charge in [-0.3, -0.25) is 5.84 Å². The van der Waals surface area contributed by atoms with Gasteiger partial charge < -0.3 is 0 Å². The van der Waals surface area contributed by atoms with Crippen LogP contribution in [-0.4, -0.2) is 0 Å². The van der Waals surface area contributed by atoms with E-state index in [4.69, 9.17) is 5.84 Å². The first-order valence-electron chi connectivity index (χ1n) is 6.07. The van der Waals surface area contributed by atoms with E-state index in [0.29, 0.717) is 0 Å². The number of hydrogen-bond acceptors (Lipinski definition) is 3. The summed E-state index contributed by atoms with van der Waals surface area (Å²) in [6.07, 6.45) is 0.909. The molecule has 0 bridgehead atoms. The monoisotopic (exact) mass is 282 g/mol. The SMILES string of the molecule is CCc1ccc(C(NN)c2ccc(C)c(F)c2F)s1. The third-order valence-corrected chi connectivity index (χ3v) is 4.39. The maximum Gasteiger partial charge on any atom is 0.164 e. The summed E-state index contributed by atoms with van der Waals surface area (Å²) in [6.45, 7) is 3.58. The molecule has 0 amide bonds. The summed E-state index contributed by atoms with van der Waals surface area (Å²) in [5.74, 6) is 3.86. The van der Waals surface area contributed by atoms with Crippen LogP contribution in [0.5, 0.6) is 0 Å². The second-order valence-corrected chi connectivity index (χ2v) is 5.56. The maximum atomic E-state index is 14.0. The molecule has 1 atom stereocenters. The molecule has 0 spiro atoms. The van der Waals surface area contributed by atoms with Crippen LogP contribution >= 0.6 is 11.3 Å². The summed E-state index contributed by atoms with van der Waals surface area (Å²) < 4.78 is 27.6. The number of halogens is 2. The van der Waals surface area contributed by atoms with Crippen LogP contribution in [-0.2, 0) is 6.42 Å². The van der Waals surface area contributed by atoms with Gasteiger partial charge >= 0.3 is 0 Å². The molecule has 0 aliphatic heterocycles. The number of hydrazine groups is 1. The van der Waals surface area contributed by atoms with Crippen LogP contribution in [0.3, 0.4) is 0 Å². The zero-order chi connectivity index (χ0) is 14.0. The van der Waals surface area contributed by atoms with E-state index < -0.39 is 17.7 Å². The second kappa shape index (κ2) is 5.77. The van der Waals surface area contributed by atoms with Crippen LogP contribution in [0.4, 0.5) is 8.78 Å². The Morgan fingerprint density at radius 1 is 1.21 bits per heavy atom. The summed E-state index contributed by atoms with van der Waals surface area (Å²) in [5, 5.41) is 0. The summed E-state index contributed by atoms with van der Waals surface area (Å²) in [6, 6.07) is 6.48. The molecule has 1 aromatic heterocycles. The number of nitrogens with one attached hydrogen (secondary N) is 1. The van der Waals surface area contributed by atoms with Crippen molar-refractivity contribution in [3.8, 4) is 0 Å². The molecule has 1 aromatic carbocycles. The molecule has 5 heteroatoms. The van der Waals surface area contributed by atoms with Crippen molar-refractivity contribution in [2.45, 2.75) is 26.3 Å². The third-order valence-electron chi connectivity index (χ3n) is 3.10. The smallest absolute Gasteiger partial charge is 0.164 e. The number of thiophene rings is 1. The minimum Gasteiger partial charge on any atom is -0.271 e. The molecule has 102 valence electrons. The third kappa shape index (κ3) is 2.68. The van der Waals surface area contributed by atoms with E-state index in [9.17, 15) is 8.78 Å². The first kappa shape index (κ1) is 14.1. The molecule has 0 fully saturated rings. The van der Waals surface area contributed by atoms with Crippen LogP contribution < -0.4 is 11.3 Å². The highest BCUT2D eigenvalue weighted by atomic mass is 32.1. The molecule has 0 saturated heterocycles. The Bertz CT molecular complexity index is 581. The van der Waals surface area contributed by atoms with Gasteiger partial charge in [0, 0.05) is 15.3 Å². The first-order valence-corrected chi connectivity index (χ1v) is 6.89. The Balaban J connectivity index is 2.45. The Labute approximate surface area is 115 Å². The van der Waals surface area contributed by atoms with E-state index in [0.717, 1.165) is 11.3 Å². The van der Waals surface area contributed by atoms with Crippen molar-refractivity contribution < 1.29 is 8.78 Å². The molecule has 2 nitrogen and oxygen atoms in total. The first-order chi connectivity index (χ1) is 9.08. The minimum atomic E-state index is -0.839. The molecule has 3 N–H and O–H groups in total. The highest BCUT2D eigenvalue weighted by Gasteiger charge is 2.21. The number of hydrogen-bond donors (Lipinski definition) is 2. The van der Waals surface area contributed by atoms with Gasteiger partial charge in [-0.2, -0.15) is 0 Å². The number of nitrogens with two attached hydrogens (primary N) is 1. The lowest BCUT2D eigenvalue weighted by atomic mass is 10.0. The molecule has 0 aliphatic rings. The molecule has 0 saturated carbocycles. The molecule has 0 radical (unpaired) electrons. The van der Waals surface area contributed by atoms with E-state index in [-0.39, 0.29) is 11.1 Å². The molecule has 0 aliphatic carbocycles. The van der Waals surface area contributed by atoms with Gasteiger partial charge in [-0.25, -0.2) is 14.2 Å². The summed E-state index contributed by atoms with van der Waals surface area (Å²) in [4.78, 5) is 2.06.